The van der Waals surface area contributed by atoms with Crippen LogP contribution in [-0.2, 0) is 9.59 Å². The van der Waals surface area contributed by atoms with Gasteiger partial charge in [0.15, 0.2) is 5.65 Å². The van der Waals surface area contributed by atoms with Crippen molar-refractivity contribution in [2.24, 2.45) is 28.4 Å². The maximum Gasteiger partial charge on any atom is 0.389 e. The molecule has 3 N–H and O–H groups in total. The molecule has 4 aliphatic carbocycles. The Morgan fingerprint density at radius 2 is 1.80 bits per heavy atom. The lowest BCUT2D eigenvalue weighted by Crippen LogP contribution is -2.42. The second kappa shape index (κ2) is 9.37. The number of rotatable bonds is 9. The van der Waals surface area contributed by atoms with Crippen molar-refractivity contribution >= 4 is 17.5 Å². The lowest BCUT2D eigenvalue weighted by atomic mass is 9.63. The third-order valence-corrected chi connectivity index (χ3v) is 10.0. The van der Waals surface area contributed by atoms with Gasteiger partial charge in [-0.15, -0.1) is 0 Å². The van der Waals surface area contributed by atoms with E-state index in [1.165, 1.54) is 0 Å². The predicted octanol–water partition coefficient (Wildman–Crippen LogP) is 5.59. The van der Waals surface area contributed by atoms with Gasteiger partial charge in [-0.25, -0.2) is 18.3 Å². The Kier molecular flexibility index (Phi) is 6.42. The summed E-state index contributed by atoms with van der Waals surface area (Å²) in [4.78, 5) is 30.2. The Bertz CT molecular complexity index is 1310. The molecule has 0 aromatic carbocycles. The fraction of sp³-hybridized carbons (Fsp3) is 0.714. The van der Waals surface area contributed by atoms with E-state index in [4.69, 9.17) is 10.7 Å². The number of alkyl halides is 5. The number of amides is 2. The molecule has 4 saturated carbocycles. The summed E-state index contributed by atoms with van der Waals surface area (Å²) in [6.45, 7) is 0. The molecule has 2 amide bonds. The van der Waals surface area contributed by atoms with Gasteiger partial charge in [-0.05, 0) is 73.8 Å². The molecule has 2 aromatic rings. The molecule has 0 radical (unpaired) electrons. The normalized spacial score (nSPS) is 27.2. The van der Waals surface area contributed by atoms with Gasteiger partial charge in [0.2, 0.25) is 17.7 Å². The van der Waals surface area contributed by atoms with E-state index in [2.05, 4.69) is 10.4 Å². The fourth-order valence-corrected chi connectivity index (χ4v) is 7.58. The SMILES string of the molecule is NC(=O)C1([C@@H](c2cn3ncc([C@H](NC(=O)CCC(F)(F)F)C4CC4)cc3n2)C2CCC(F)(F)CC2)CC12CCC2. The molecule has 0 saturated heterocycles. The van der Waals surface area contributed by atoms with E-state index < -0.39 is 54.1 Å². The topological polar surface area (TPSA) is 102 Å². The van der Waals surface area contributed by atoms with Crippen molar-refractivity contribution < 1.29 is 31.5 Å². The summed E-state index contributed by atoms with van der Waals surface area (Å²) in [7, 11) is 0. The quantitative estimate of drug-likeness (QED) is 0.386. The van der Waals surface area contributed by atoms with Crippen molar-refractivity contribution in [1.29, 1.82) is 0 Å². The zero-order chi connectivity index (χ0) is 28.5. The zero-order valence-electron chi connectivity index (χ0n) is 22.2. The number of halogens is 5. The number of fused-ring (bicyclic) bond motifs is 1. The second-order valence-electron chi connectivity index (χ2n) is 12.6. The number of carbonyl (C=O) groups excluding carboxylic acids is 2. The van der Waals surface area contributed by atoms with Gasteiger partial charge < -0.3 is 11.1 Å². The molecule has 2 aromatic heterocycles. The van der Waals surface area contributed by atoms with E-state index in [0.717, 1.165) is 32.1 Å². The average Bonchev–Trinajstić information content (AvgIpc) is 3.76. The van der Waals surface area contributed by atoms with Gasteiger partial charge in [-0.3, -0.25) is 9.59 Å². The molecule has 3 atom stereocenters. The molecule has 6 rings (SSSR count). The van der Waals surface area contributed by atoms with Crippen LogP contribution in [0.5, 0.6) is 0 Å². The van der Waals surface area contributed by atoms with Crippen molar-refractivity contribution in [2.45, 2.75) is 101 Å². The standard InChI is InChI=1S/C28H34F5N5O2/c29-26(30)9-4-16(5-10-26)22(27(24(34)40)15-25(27)7-1-8-25)19-14-38-20(36-19)12-18(13-35-38)23(17-2-3-17)37-21(39)6-11-28(31,32)33/h12-14,16-17,22-23H,1-11,15H2,(H2,34,40)(H,37,39)/t22-,23-,27?/m1/s1. The minimum atomic E-state index is -4.41. The van der Waals surface area contributed by atoms with E-state index in [9.17, 15) is 31.5 Å². The molecule has 12 heteroatoms. The van der Waals surface area contributed by atoms with Gasteiger partial charge in [0, 0.05) is 25.2 Å². The van der Waals surface area contributed by atoms with Crippen LogP contribution in [0.25, 0.3) is 5.65 Å². The van der Waals surface area contributed by atoms with Crippen LogP contribution in [0.4, 0.5) is 22.0 Å². The highest BCUT2D eigenvalue weighted by molar-refractivity contribution is 5.87. The van der Waals surface area contributed by atoms with E-state index >= 15 is 0 Å². The molecule has 4 fully saturated rings. The Hall–Kier alpha value is -2.79. The van der Waals surface area contributed by atoms with Crippen LogP contribution in [0.2, 0.25) is 0 Å². The minimum absolute atomic E-state index is 0.105. The molecular formula is C28H34F5N5O2. The van der Waals surface area contributed by atoms with Gasteiger partial charge in [0.25, 0.3) is 0 Å². The third kappa shape index (κ3) is 4.85. The van der Waals surface area contributed by atoms with Crippen LogP contribution in [0.15, 0.2) is 18.5 Å². The first kappa shape index (κ1) is 27.4. The van der Waals surface area contributed by atoms with E-state index in [1.807, 2.05) is 0 Å². The number of imidazole rings is 1. The first-order valence-corrected chi connectivity index (χ1v) is 14.2. The highest BCUT2D eigenvalue weighted by Gasteiger charge is 2.77. The summed E-state index contributed by atoms with van der Waals surface area (Å²) in [5, 5.41) is 7.23. The fourth-order valence-electron chi connectivity index (χ4n) is 7.58. The van der Waals surface area contributed by atoms with Crippen molar-refractivity contribution in [2.75, 3.05) is 0 Å². The molecule has 1 unspecified atom stereocenters. The van der Waals surface area contributed by atoms with Gasteiger partial charge in [-0.1, -0.05) is 6.42 Å². The van der Waals surface area contributed by atoms with Crippen LogP contribution >= 0.6 is 0 Å². The average molecular weight is 568 g/mol. The number of nitrogens with zero attached hydrogens (tertiary/aromatic N) is 3. The Morgan fingerprint density at radius 1 is 1.10 bits per heavy atom. The summed E-state index contributed by atoms with van der Waals surface area (Å²) in [5.41, 5.74) is 6.79. The molecule has 40 heavy (non-hydrogen) atoms. The lowest BCUT2D eigenvalue weighted by molar-refractivity contribution is -0.144. The predicted molar refractivity (Wildman–Crippen MR) is 134 cm³/mol. The third-order valence-electron chi connectivity index (χ3n) is 10.0. The highest BCUT2D eigenvalue weighted by Crippen LogP contribution is 2.79. The van der Waals surface area contributed by atoms with Gasteiger partial charge in [0.1, 0.15) is 0 Å². The molecule has 2 heterocycles. The second-order valence-corrected chi connectivity index (χ2v) is 12.6. The van der Waals surface area contributed by atoms with Crippen molar-refractivity contribution in [1.82, 2.24) is 19.9 Å². The van der Waals surface area contributed by atoms with Gasteiger partial charge >= 0.3 is 6.18 Å². The maximum atomic E-state index is 14.1. The number of nitrogens with two attached hydrogens (primary N) is 1. The number of hydrogen-bond acceptors (Lipinski definition) is 4. The van der Waals surface area contributed by atoms with Crippen LogP contribution in [-0.4, -0.2) is 38.5 Å². The monoisotopic (exact) mass is 567 g/mol. The summed E-state index contributed by atoms with van der Waals surface area (Å²) in [6.07, 6.45) is 2.30. The molecule has 1 spiro atoms. The largest absolute Gasteiger partial charge is 0.389 e. The maximum absolute atomic E-state index is 14.1. The molecule has 0 bridgehead atoms. The summed E-state index contributed by atoms with van der Waals surface area (Å²) in [5.74, 6) is -4.23. The Balaban J connectivity index is 1.30. The van der Waals surface area contributed by atoms with Gasteiger partial charge in [0.05, 0.1) is 36.0 Å². The Morgan fingerprint density at radius 3 is 2.35 bits per heavy atom. The number of nitrogens with one attached hydrogen (secondary N) is 1. The number of aromatic nitrogens is 3. The zero-order valence-corrected chi connectivity index (χ0v) is 22.2. The number of primary amides is 1. The van der Waals surface area contributed by atoms with Crippen molar-refractivity contribution in [3.05, 3.63) is 29.7 Å². The highest BCUT2D eigenvalue weighted by atomic mass is 19.4. The minimum Gasteiger partial charge on any atom is -0.369 e. The lowest BCUT2D eigenvalue weighted by Gasteiger charge is -2.41. The number of hydrogen-bond donors (Lipinski definition) is 2. The van der Waals surface area contributed by atoms with E-state index in [-0.39, 0.29) is 42.9 Å². The first-order chi connectivity index (χ1) is 18.8. The molecule has 7 nitrogen and oxygen atoms in total. The smallest absolute Gasteiger partial charge is 0.369 e. The Labute approximate surface area is 228 Å². The summed E-state index contributed by atoms with van der Waals surface area (Å²) in [6, 6.07) is 1.28. The first-order valence-electron chi connectivity index (χ1n) is 14.2. The van der Waals surface area contributed by atoms with Crippen LogP contribution < -0.4 is 11.1 Å². The van der Waals surface area contributed by atoms with E-state index in [1.54, 1.807) is 23.0 Å². The van der Waals surface area contributed by atoms with E-state index in [0.29, 0.717) is 23.3 Å². The molecule has 4 aliphatic rings. The van der Waals surface area contributed by atoms with Crippen LogP contribution in [0.3, 0.4) is 0 Å². The van der Waals surface area contributed by atoms with Gasteiger partial charge in [-0.2, -0.15) is 18.3 Å². The summed E-state index contributed by atoms with van der Waals surface area (Å²) >= 11 is 0. The molecular weight excluding hydrogens is 533 g/mol. The van der Waals surface area contributed by atoms with Crippen LogP contribution in [0, 0.1) is 22.7 Å². The molecule has 0 aliphatic heterocycles. The summed E-state index contributed by atoms with van der Waals surface area (Å²) < 4.78 is 67.6. The number of carbonyl (C=O) groups is 2. The molecule has 218 valence electrons. The van der Waals surface area contributed by atoms with Crippen molar-refractivity contribution in [3.8, 4) is 0 Å². The van der Waals surface area contributed by atoms with Crippen molar-refractivity contribution in [3.63, 3.8) is 0 Å². The van der Waals surface area contributed by atoms with Crippen LogP contribution in [0.1, 0.15) is 100 Å².